The summed E-state index contributed by atoms with van der Waals surface area (Å²) in [5.74, 6) is -2.22. The summed E-state index contributed by atoms with van der Waals surface area (Å²) in [4.78, 5) is 27.8. The number of hydrogen-bond acceptors (Lipinski definition) is 7. The van der Waals surface area contributed by atoms with Crippen LogP contribution in [0.5, 0.6) is 0 Å². The minimum Gasteiger partial charge on any atom is -0.379 e. The summed E-state index contributed by atoms with van der Waals surface area (Å²) < 4.78 is 27.5. The largest absolute Gasteiger partial charge is 0.379 e. The van der Waals surface area contributed by atoms with Crippen molar-refractivity contribution in [3.8, 4) is 0 Å². The molecule has 0 atom stereocenters. The van der Waals surface area contributed by atoms with Crippen LogP contribution in [-0.4, -0.2) is 53.1 Å². The monoisotopic (exact) mass is 495 g/mol. The number of carbonyl (C=O) groups is 2. The molecule has 1 aromatic heterocycles. The third-order valence-electron chi connectivity index (χ3n) is 5.97. The number of anilines is 4. The van der Waals surface area contributed by atoms with E-state index in [-0.39, 0.29) is 29.4 Å². The molecule has 36 heavy (non-hydrogen) atoms. The maximum atomic E-state index is 14.0. The fourth-order valence-electron chi connectivity index (χ4n) is 3.99. The molecule has 0 spiro atoms. The van der Waals surface area contributed by atoms with E-state index in [0.29, 0.717) is 25.3 Å². The van der Waals surface area contributed by atoms with Gasteiger partial charge in [0.05, 0.1) is 5.69 Å². The Morgan fingerprint density at radius 3 is 2.42 bits per heavy atom. The number of rotatable bonds is 8. The number of nitrogens with one attached hydrogen (secondary N) is 2. The molecule has 1 fully saturated rings. The van der Waals surface area contributed by atoms with Crippen LogP contribution >= 0.6 is 0 Å². The van der Waals surface area contributed by atoms with Gasteiger partial charge in [0.2, 0.25) is 5.91 Å². The van der Waals surface area contributed by atoms with E-state index < -0.39 is 17.5 Å². The Kier molecular flexibility index (Phi) is 7.57. The fraction of sp³-hybridized carbons (Fsp3) is 0.280. The van der Waals surface area contributed by atoms with Crippen molar-refractivity contribution in [3.05, 3.63) is 71.4 Å². The third kappa shape index (κ3) is 5.68. The van der Waals surface area contributed by atoms with Crippen LogP contribution in [0, 0.1) is 11.6 Å². The summed E-state index contributed by atoms with van der Waals surface area (Å²) >= 11 is 0. The highest BCUT2D eigenvalue weighted by Gasteiger charge is 2.20. The second-order valence-electron chi connectivity index (χ2n) is 8.32. The maximum absolute atomic E-state index is 14.0. The number of nitrogens with two attached hydrogens (primary N) is 1. The van der Waals surface area contributed by atoms with Crippen LogP contribution in [0.2, 0.25) is 0 Å². The molecule has 4 rings (SSSR count). The van der Waals surface area contributed by atoms with Gasteiger partial charge in [-0.1, -0.05) is 19.1 Å². The van der Waals surface area contributed by atoms with Crippen LogP contribution in [-0.2, 0) is 11.3 Å². The molecule has 0 saturated carbocycles. The van der Waals surface area contributed by atoms with E-state index in [1.165, 1.54) is 18.2 Å². The molecule has 9 nitrogen and oxygen atoms in total. The highest BCUT2D eigenvalue weighted by atomic mass is 19.2. The summed E-state index contributed by atoms with van der Waals surface area (Å²) in [5, 5.41) is 13.9. The third-order valence-corrected chi connectivity index (χ3v) is 5.97. The summed E-state index contributed by atoms with van der Waals surface area (Å²) in [6.45, 7) is 4.71. The molecule has 0 radical (unpaired) electrons. The van der Waals surface area contributed by atoms with Crippen molar-refractivity contribution >= 4 is 34.7 Å². The smallest absolute Gasteiger partial charge is 0.271 e. The molecule has 0 bridgehead atoms. The summed E-state index contributed by atoms with van der Waals surface area (Å²) in [5.41, 5.74) is 7.39. The van der Waals surface area contributed by atoms with Crippen LogP contribution in [0.4, 0.5) is 31.7 Å². The number of halogens is 2. The van der Waals surface area contributed by atoms with E-state index in [4.69, 9.17) is 5.73 Å². The lowest BCUT2D eigenvalue weighted by Gasteiger charge is -2.36. The van der Waals surface area contributed by atoms with Crippen LogP contribution in [0.1, 0.15) is 29.4 Å². The van der Waals surface area contributed by atoms with Crippen LogP contribution in [0.15, 0.2) is 48.5 Å². The zero-order valence-corrected chi connectivity index (χ0v) is 19.8. The van der Waals surface area contributed by atoms with E-state index in [0.717, 1.165) is 30.5 Å². The Morgan fingerprint density at radius 2 is 1.75 bits per heavy atom. The Labute approximate surface area is 207 Å². The van der Waals surface area contributed by atoms with E-state index in [1.807, 2.05) is 36.1 Å². The number of benzene rings is 2. The van der Waals surface area contributed by atoms with Crippen molar-refractivity contribution < 1.29 is 18.4 Å². The zero-order chi connectivity index (χ0) is 25.7. The predicted octanol–water partition coefficient (Wildman–Crippen LogP) is 3.27. The zero-order valence-electron chi connectivity index (χ0n) is 19.8. The summed E-state index contributed by atoms with van der Waals surface area (Å²) in [6, 6.07) is 13.1. The topological polar surface area (TPSA) is 116 Å². The SMILES string of the molecule is CCC(=O)N1CCN(c2ccc(Nc3cc(NCc4cccc(F)c4F)c(C(N)=O)nn3)cc2)CC1. The Bertz CT molecular complexity index is 1250. The van der Waals surface area contributed by atoms with Gasteiger partial charge in [-0.3, -0.25) is 9.59 Å². The first kappa shape index (κ1) is 24.8. The average molecular weight is 496 g/mol. The van der Waals surface area contributed by atoms with Gasteiger partial charge in [-0.25, -0.2) is 8.78 Å². The van der Waals surface area contributed by atoms with E-state index >= 15 is 0 Å². The maximum Gasteiger partial charge on any atom is 0.271 e. The molecular weight excluding hydrogens is 468 g/mol. The van der Waals surface area contributed by atoms with E-state index in [9.17, 15) is 18.4 Å². The average Bonchev–Trinajstić information content (AvgIpc) is 2.89. The molecule has 1 aliphatic heterocycles. The lowest BCUT2D eigenvalue weighted by atomic mass is 10.2. The molecule has 0 aliphatic carbocycles. The minimum absolute atomic E-state index is 0.0825. The Morgan fingerprint density at radius 1 is 1.03 bits per heavy atom. The van der Waals surface area contributed by atoms with Gasteiger partial charge in [-0.05, 0) is 30.3 Å². The van der Waals surface area contributed by atoms with Crippen molar-refractivity contribution in [1.82, 2.24) is 15.1 Å². The first-order valence-electron chi connectivity index (χ1n) is 11.6. The normalized spacial score (nSPS) is 13.4. The van der Waals surface area contributed by atoms with Crippen molar-refractivity contribution in [3.63, 3.8) is 0 Å². The number of aromatic nitrogens is 2. The highest BCUT2D eigenvalue weighted by molar-refractivity contribution is 5.96. The first-order chi connectivity index (χ1) is 17.4. The predicted molar refractivity (Wildman–Crippen MR) is 133 cm³/mol. The number of carbonyl (C=O) groups excluding carboxylic acids is 2. The molecular formula is C25H27F2N7O2. The van der Waals surface area contributed by atoms with Gasteiger partial charge in [-0.15, -0.1) is 10.2 Å². The lowest BCUT2D eigenvalue weighted by Crippen LogP contribution is -2.48. The number of primary amides is 1. The van der Waals surface area contributed by atoms with Gasteiger partial charge in [-0.2, -0.15) is 0 Å². The first-order valence-corrected chi connectivity index (χ1v) is 11.6. The fourth-order valence-corrected chi connectivity index (χ4v) is 3.99. The molecule has 1 aliphatic rings. The van der Waals surface area contributed by atoms with Gasteiger partial charge in [0.25, 0.3) is 5.91 Å². The van der Waals surface area contributed by atoms with Gasteiger partial charge in [0.1, 0.15) is 0 Å². The van der Waals surface area contributed by atoms with E-state index in [2.05, 4.69) is 25.7 Å². The quantitative estimate of drug-likeness (QED) is 0.439. The number of nitrogens with zero attached hydrogens (tertiary/aromatic N) is 4. The number of amides is 2. The van der Waals surface area contributed by atoms with Crippen LogP contribution in [0.3, 0.4) is 0 Å². The minimum atomic E-state index is -0.968. The molecule has 11 heteroatoms. The van der Waals surface area contributed by atoms with Crippen molar-refractivity contribution in [2.75, 3.05) is 41.7 Å². The molecule has 2 heterocycles. The molecule has 3 aromatic rings. The lowest BCUT2D eigenvalue weighted by molar-refractivity contribution is -0.131. The van der Waals surface area contributed by atoms with Crippen molar-refractivity contribution in [2.24, 2.45) is 5.73 Å². The number of hydrogen-bond donors (Lipinski definition) is 3. The number of piperazine rings is 1. The van der Waals surface area contributed by atoms with Gasteiger partial charge >= 0.3 is 0 Å². The van der Waals surface area contributed by atoms with Crippen LogP contribution in [0.25, 0.3) is 0 Å². The molecule has 1 saturated heterocycles. The molecule has 2 aromatic carbocycles. The Balaban J connectivity index is 1.43. The Hall–Kier alpha value is -4.28. The second-order valence-corrected chi connectivity index (χ2v) is 8.32. The standard InChI is InChI=1S/C25H27F2N7O2/c1-2-22(35)34-12-10-33(11-13-34)18-8-6-17(7-9-18)30-21-14-20(24(25(28)36)32-31-21)29-15-16-4-3-5-19(26)23(16)27/h3-9,14H,2,10-13,15H2,1H3,(H2,28,36)(H2,29,30,31). The van der Waals surface area contributed by atoms with Gasteiger partial charge < -0.3 is 26.2 Å². The molecule has 2 amide bonds. The summed E-state index contributed by atoms with van der Waals surface area (Å²) in [7, 11) is 0. The highest BCUT2D eigenvalue weighted by Crippen LogP contribution is 2.24. The van der Waals surface area contributed by atoms with Crippen molar-refractivity contribution in [1.29, 1.82) is 0 Å². The van der Waals surface area contributed by atoms with E-state index in [1.54, 1.807) is 0 Å². The molecule has 188 valence electrons. The van der Waals surface area contributed by atoms with Crippen molar-refractivity contribution in [2.45, 2.75) is 19.9 Å². The molecule has 4 N–H and O–H groups in total. The van der Waals surface area contributed by atoms with Gasteiger partial charge in [0.15, 0.2) is 23.1 Å². The van der Waals surface area contributed by atoms with Crippen LogP contribution < -0.4 is 21.3 Å². The van der Waals surface area contributed by atoms with Gasteiger partial charge in [0, 0.05) is 62.1 Å². The second kappa shape index (κ2) is 11.0. The molecule has 0 unspecified atom stereocenters. The summed E-state index contributed by atoms with van der Waals surface area (Å²) in [6.07, 6.45) is 0.516.